The van der Waals surface area contributed by atoms with Crippen LogP contribution in [0.1, 0.15) is 98.8 Å². The van der Waals surface area contributed by atoms with Crippen LogP contribution < -0.4 is 0 Å². The Labute approximate surface area is 183 Å². The summed E-state index contributed by atoms with van der Waals surface area (Å²) in [6.45, 7) is 11.7. The number of hydrogen-bond acceptors (Lipinski definition) is 3. The van der Waals surface area contributed by atoms with Crippen LogP contribution >= 0.6 is 0 Å². The average Bonchev–Trinajstić information content (AvgIpc) is 3.02. The normalized spacial score (nSPS) is 46.8. The van der Waals surface area contributed by atoms with Gasteiger partial charge in [-0.25, -0.2) is 0 Å². The zero-order valence-electron chi connectivity index (χ0n) is 19.9. The van der Waals surface area contributed by atoms with Gasteiger partial charge >= 0.3 is 0 Å². The van der Waals surface area contributed by atoms with E-state index >= 15 is 0 Å². The minimum Gasteiger partial charge on any atom is -0.393 e. The van der Waals surface area contributed by atoms with Gasteiger partial charge in [-0.1, -0.05) is 53.9 Å². The van der Waals surface area contributed by atoms with Crippen molar-refractivity contribution in [1.82, 2.24) is 0 Å². The second-order valence-electron chi connectivity index (χ2n) is 12.3. The molecule has 4 aliphatic carbocycles. The van der Waals surface area contributed by atoms with Gasteiger partial charge in [-0.2, -0.15) is 0 Å². The van der Waals surface area contributed by atoms with Crippen molar-refractivity contribution in [3.8, 4) is 0 Å². The molecule has 0 amide bonds. The van der Waals surface area contributed by atoms with Crippen molar-refractivity contribution in [2.24, 2.45) is 40.4 Å². The Bertz CT molecular complexity index is 711. The standard InChI is InChI=1S/C27H44O3/c1-17(2)7-6-8-18(3)20-9-10-21-22-16-24(29)23-15-19(28)11-12-26(23,5)27(22,30)14-13-25(20,21)4/h16-21,23,28,30H,6-15H2,1-5H3/t18-,19+,20-,21+,23?,25-,26+,27-/m1/s1. The molecule has 3 heteroatoms. The van der Waals surface area contributed by atoms with Gasteiger partial charge < -0.3 is 10.2 Å². The molecule has 0 bridgehead atoms. The first kappa shape index (κ1) is 22.5. The van der Waals surface area contributed by atoms with E-state index in [9.17, 15) is 15.0 Å². The highest BCUT2D eigenvalue weighted by molar-refractivity contribution is 5.95. The zero-order valence-corrected chi connectivity index (χ0v) is 19.9. The van der Waals surface area contributed by atoms with Crippen LogP contribution in [0.25, 0.3) is 0 Å². The van der Waals surface area contributed by atoms with E-state index in [0.29, 0.717) is 30.6 Å². The number of rotatable bonds is 5. The Hall–Kier alpha value is -0.670. The lowest BCUT2D eigenvalue weighted by atomic mass is 9.45. The van der Waals surface area contributed by atoms with Gasteiger partial charge in [-0.15, -0.1) is 0 Å². The second-order valence-corrected chi connectivity index (χ2v) is 12.3. The van der Waals surface area contributed by atoms with Crippen LogP contribution in [0.3, 0.4) is 0 Å². The van der Waals surface area contributed by atoms with E-state index in [0.717, 1.165) is 37.2 Å². The fourth-order valence-electron chi connectivity index (χ4n) is 8.31. The van der Waals surface area contributed by atoms with E-state index in [1.807, 2.05) is 6.08 Å². The molecule has 1 unspecified atom stereocenters. The Morgan fingerprint density at radius 3 is 2.47 bits per heavy atom. The molecule has 8 atom stereocenters. The average molecular weight is 417 g/mol. The lowest BCUT2D eigenvalue weighted by molar-refractivity contribution is -0.166. The number of hydrogen-bond donors (Lipinski definition) is 2. The summed E-state index contributed by atoms with van der Waals surface area (Å²) < 4.78 is 0. The summed E-state index contributed by atoms with van der Waals surface area (Å²) in [5.41, 5.74) is -0.0257. The molecule has 30 heavy (non-hydrogen) atoms. The summed E-state index contributed by atoms with van der Waals surface area (Å²) in [4.78, 5) is 13.2. The molecule has 4 aliphatic rings. The maximum Gasteiger partial charge on any atom is 0.159 e. The smallest absolute Gasteiger partial charge is 0.159 e. The van der Waals surface area contributed by atoms with Gasteiger partial charge in [0.1, 0.15) is 0 Å². The Balaban J connectivity index is 1.60. The number of carbonyl (C=O) groups excluding carboxylic acids is 1. The first-order valence-corrected chi connectivity index (χ1v) is 12.7. The molecule has 0 aromatic heterocycles. The minimum absolute atomic E-state index is 0.161. The van der Waals surface area contributed by atoms with E-state index in [1.54, 1.807) is 0 Å². The van der Waals surface area contributed by atoms with Crippen molar-refractivity contribution >= 4 is 5.78 Å². The predicted molar refractivity (Wildman–Crippen MR) is 121 cm³/mol. The lowest BCUT2D eigenvalue weighted by Crippen LogP contribution is -2.63. The molecule has 2 N–H and O–H groups in total. The molecule has 170 valence electrons. The third kappa shape index (κ3) is 3.25. The fraction of sp³-hybridized carbons (Fsp3) is 0.889. The fourth-order valence-corrected chi connectivity index (χ4v) is 8.31. The number of allylic oxidation sites excluding steroid dienone is 1. The van der Waals surface area contributed by atoms with Crippen LogP contribution in [0.15, 0.2) is 11.6 Å². The van der Waals surface area contributed by atoms with Crippen molar-refractivity contribution in [2.75, 3.05) is 0 Å². The molecule has 0 aromatic carbocycles. The monoisotopic (exact) mass is 416 g/mol. The van der Waals surface area contributed by atoms with Gasteiger partial charge in [0.25, 0.3) is 0 Å². The minimum atomic E-state index is -0.869. The summed E-state index contributed by atoms with van der Waals surface area (Å²) in [5.74, 6) is 2.43. The maximum atomic E-state index is 13.2. The van der Waals surface area contributed by atoms with Crippen molar-refractivity contribution < 1.29 is 15.0 Å². The molecular formula is C27H44O3. The summed E-state index contributed by atoms with van der Waals surface area (Å²) in [6.07, 6.45) is 11.5. The van der Waals surface area contributed by atoms with Gasteiger partial charge in [0.2, 0.25) is 0 Å². The Morgan fingerprint density at radius 1 is 1.03 bits per heavy atom. The zero-order chi connectivity index (χ0) is 21.9. The number of fused-ring (bicyclic) bond motifs is 5. The first-order chi connectivity index (χ1) is 14.0. The third-order valence-corrected chi connectivity index (χ3v) is 10.3. The Kier molecular flexibility index (Phi) is 5.80. The van der Waals surface area contributed by atoms with Crippen LogP contribution in [-0.2, 0) is 4.79 Å². The molecule has 3 nitrogen and oxygen atoms in total. The topological polar surface area (TPSA) is 57.5 Å². The summed E-state index contributed by atoms with van der Waals surface area (Å²) in [5, 5.41) is 22.3. The van der Waals surface area contributed by atoms with E-state index in [-0.39, 0.29) is 17.1 Å². The first-order valence-electron chi connectivity index (χ1n) is 12.7. The van der Waals surface area contributed by atoms with E-state index < -0.39 is 17.1 Å². The van der Waals surface area contributed by atoms with Crippen molar-refractivity contribution in [3.63, 3.8) is 0 Å². The van der Waals surface area contributed by atoms with Gasteiger partial charge in [-0.05, 0) is 85.7 Å². The molecule has 0 heterocycles. The highest BCUT2D eigenvalue weighted by Crippen LogP contribution is 2.67. The lowest BCUT2D eigenvalue weighted by Gasteiger charge is -2.61. The van der Waals surface area contributed by atoms with Crippen LogP contribution in [0.4, 0.5) is 0 Å². The molecule has 3 fully saturated rings. The van der Waals surface area contributed by atoms with Crippen LogP contribution in [0.5, 0.6) is 0 Å². The van der Waals surface area contributed by atoms with Crippen LogP contribution in [-0.4, -0.2) is 27.7 Å². The summed E-state index contributed by atoms with van der Waals surface area (Å²) in [7, 11) is 0. The number of carbonyl (C=O) groups is 1. The number of aliphatic hydroxyl groups excluding tert-OH is 1. The van der Waals surface area contributed by atoms with Crippen molar-refractivity contribution in [3.05, 3.63) is 11.6 Å². The van der Waals surface area contributed by atoms with Gasteiger partial charge in [0.15, 0.2) is 5.78 Å². The van der Waals surface area contributed by atoms with Gasteiger partial charge in [-0.3, -0.25) is 4.79 Å². The molecule has 0 aliphatic heterocycles. The molecule has 4 rings (SSSR count). The van der Waals surface area contributed by atoms with E-state index in [2.05, 4.69) is 34.6 Å². The molecule has 3 saturated carbocycles. The Morgan fingerprint density at radius 2 is 1.77 bits per heavy atom. The molecule has 0 spiro atoms. The molecule has 0 saturated heterocycles. The SMILES string of the molecule is CC(C)CCC[C@@H](C)[C@H]1CC[C@H]2C3=CC(=O)C4C[C@@H](O)CC[C@]4(C)[C@@]3(O)CC[C@]12C. The van der Waals surface area contributed by atoms with Crippen molar-refractivity contribution in [2.45, 2.75) is 111 Å². The number of aliphatic hydroxyl groups is 2. The number of ketones is 1. The third-order valence-electron chi connectivity index (χ3n) is 10.3. The summed E-state index contributed by atoms with van der Waals surface area (Å²) in [6, 6.07) is 0. The van der Waals surface area contributed by atoms with E-state index in [1.165, 1.54) is 25.7 Å². The largest absolute Gasteiger partial charge is 0.393 e. The van der Waals surface area contributed by atoms with Gasteiger partial charge in [0.05, 0.1) is 11.7 Å². The second kappa shape index (κ2) is 7.73. The van der Waals surface area contributed by atoms with Crippen LogP contribution in [0.2, 0.25) is 0 Å². The quantitative estimate of drug-likeness (QED) is 0.606. The predicted octanol–water partition coefficient (Wildman–Crippen LogP) is 5.68. The van der Waals surface area contributed by atoms with E-state index in [4.69, 9.17) is 0 Å². The van der Waals surface area contributed by atoms with Crippen LogP contribution in [0, 0.1) is 40.4 Å². The summed E-state index contributed by atoms with van der Waals surface area (Å²) >= 11 is 0. The highest BCUT2D eigenvalue weighted by Gasteiger charge is 2.66. The molecule has 0 radical (unpaired) electrons. The van der Waals surface area contributed by atoms with Crippen molar-refractivity contribution in [1.29, 1.82) is 0 Å². The maximum absolute atomic E-state index is 13.2. The van der Waals surface area contributed by atoms with Gasteiger partial charge in [0, 0.05) is 11.3 Å². The molecule has 0 aromatic rings. The molecular weight excluding hydrogens is 372 g/mol. The highest BCUT2D eigenvalue weighted by atomic mass is 16.3.